The standard InChI is InChI=1S/C14H15F3N2O3/c1-13(2)11(20)19(12(21)18-13)7-9-4-3-5-10(6-9)22-8-14(15,16)17/h3-6H,7-8H2,1-2H3,(H,18,21). The molecule has 22 heavy (non-hydrogen) atoms. The highest BCUT2D eigenvalue weighted by atomic mass is 19.4. The number of imide groups is 1. The Morgan fingerprint density at radius 2 is 1.95 bits per heavy atom. The molecule has 0 radical (unpaired) electrons. The van der Waals surface area contributed by atoms with Gasteiger partial charge >= 0.3 is 12.2 Å². The van der Waals surface area contributed by atoms with Gasteiger partial charge in [-0.3, -0.25) is 9.69 Å². The van der Waals surface area contributed by atoms with Crippen molar-refractivity contribution in [3.8, 4) is 5.75 Å². The maximum Gasteiger partial charge on any atom is 0.422 e. The van der Waals surface area contributed by atoms with Crippen molar-refractivity contribution in [2.45, 2.75) is 32.1 Å². The number of carbonyl (C=O) groups is 2. The highest BCUT2D eigenvalue weighted by molar-refractivity contribution is 6.06. The van der Waals surface area contributed by atoms with E-state index in [1.54, 1.807) is 19.9 Å². The molecule has 8 heteroatoms. The Hall–Kier alpha value is -2.25. The second-order valence-electron chi connectivity index (χ2n) is 5.50. The zero-order chi connectivity index (χ0) is 16.5. The highest BCUT2D eigenvalue weighted by Gasteiger charge is 2.44. The lowest BCUT2D eigenvalue weighted by Gasteiger charge is -2.16. The van der Waals surface area contributed by atoms with Crippen LogP contribution in [0.4, 0.5) is 18.0 Å². The molecule has 1 saturated heterocycles. The molecule has 0 aromatic heterocycles. The van der Waals surface area contributed by atoms with Crippen molar-refractivity contribution in [1.29, 1.82) is 0 Å². The minimum absolute atomic E-state index is 0.0288. The maximum atomic E-state index is 12.1. The van der Waals surface area contributed by atoms with Gasteiger partial charge in [-0.1, -0.05) is 12.1 Å². The fraction of sp³-hybridized carbons (Fsp3) is 0.429. The van der Waals surface area contributed by atoms with Gasteiger partial charge in [0.15, 0.2) is 6.61 Å². The summed E-state index contributed by atoms with van der Waals surface area (Å²) in [5.41, 5.74) is -0.484. The quantitative estimate of drug-likeness (QED) is 0.868. The minimum Gasteiger partial charge on any atom is -0.484 e. The average molecular weight is 316 g/mol. The number of rotatable bonds is 4. The number of alkyl halides is 3. The number of benzene rings is 1. The topological polar surface area (TPSA) is 58.6 Å². The lowest BCUT2D eigenvalue weighted by atomic mass is 10.1. The third kappa shape index (κ3) is 3.69. The van der Waals surface area contributed by atoms with Gasteiger partial charge in [-0.25, -0.2) is 4.79 Å². The van der Waals surface area contributed by atoms with Crippen molar-refractivity contribution in [2.75, 3.05) is 6.61 Å². The summed E-state index contributed by atoms with van der Waals surface area (Å²) in [4.78, 5) is 24.8. The third-order valence-electron chi connectivity index (χ3n) is 3.09. The number of carbonyl (C=O) groups excluding carboxylic acids is 2. The molecule has 1 N–H and O–H groups in total. The second-order valence-corrected chi connectivity index (χ2v) is 5.50. The highest BCUT2D eigenvalue weighted by Crippen LogP contribution is 2.22. The third-order valence-corrected chi connectivity index (χ3v) is 3.09. The summed E-state index contributed by atoms with van der Waals surface area (Å²) < 4.78 is 41.0. The SMILES string of the molecule is CC1(C)NC(=O)N(Cc2cccc(OCC(F)(F)F)c2)C1=O. The van der Waals surface area contributed by atoms with Crippen LogP contribution in [0, 0.1) is 0 Å². The van der Waals surface area contributed by atoms with Gasteiger partial charge in [0, 0.05) is 0 Å². The molecule has 2 rings (SSSR count). The predicted molar refractivity (Wildman–Crippen MR) is 71.2 cm³/mol. The molecule has 1 heterocycles. The van der Waals surface area contributed by atoms with Crippen LogP contribution in [-0.2, 0) is 11.3 Å². The van der Waals surface area contributed by atoms with Crippen molar-refractivity contribution >= 4 is 11.9 Å². The van der Waals surface area contributed by atoms with Crippen LogP contribution in [0.15, 0.2) is 24.3 Å². The zero-order valence-electron chi connectivity index (χ0n) is 12.0. The van der Waals surface area contributed by atoms with Crippen LogP contribution in [0.25, 0.3) is 0 Å². The summed E-state index contributed by atoms with van der Waals surface area (Å²) in [7, 11) is 0. The summed E-state index contributed by atoms with van der Waals surface area (Å²) in [5.74, 6) is -0.361. The molecule has 0 spiro atoms. The number of nitrogens with zero attached hydrogens (tertiary/aromatic N) is 1. The lowest BCUT2D eigenvalue weighted by Crippen LogP contribution is -2.40. The molecule has 1 aliphatic heterocycles. The number of ether oxygens (including phenoxy) is 1. The van der Waals surface area contributed by atoms with Crippen LogP contribution in [0.3, 0.4) is 0 Å². The van der Waals surface area contributed by atoms with Crippen LogP contribution in [-0.4, -0.2) is 35.2 Å². The molecule has 1 aromatic carbocycles. The summed E-state index contributed by atoms with van der Waals surface area (Å²) >= 11 is 0. The number of hydrogen-bond acceptors (Lipinski definition) is 3. The van der Waals surface area contributed by atoms with Crippen molar-refractivity contribution in [3.63, 3.8) is 0 Å². The van der Waals surface area contributed by atoms with E-state index in [-0.39, 0.29) is 18.2 Å². The van der Waals surface area contributed by atoms with Crippen LogP contribution in [0.1, 0.15) is 19.4 Å². The number of amides is 3. The van der Waals surface area contributed by atoms with Crippen molar-refractivity contribution in [2.24, 2.45) is 0 Å². The second kappa shape index (κ2) is 5.51. The van der Waals surface area contributed by atoms with E-state index in [0.717, 1.165) is 4.90 Å². The van der Waals surface area contributed by atoms with E-state index >= 15 is 0 Å². The monoisotopic (exact) mass is 316 g/mol. The molecule has 1 aliphatic rings. The predicted octanol–water partition coefficient (Wildman–Crippen LogP) is 2.46. The molecule has 120 valence electrons. The maximum absolute atomic E-state index is 12.1. The van der Waals surface area contributed by atoms with Gasteiger partial charge in [0.05, 0.1) is 6.54 Å². The molecule has 5 nitrogen and oxygen atoms in total. The molecular weight excluding hydrogens is 301 g/mol. The van der Waals surface area contributed by atoms with E-state index in [1.807, 2.05) is 0 Å². The number of hydrogen-bond donors (Lipinski definition) is 1. The first kappa shape index (κ1) is 16.1. The number of nitrogens with one attached hydrogen (secondary N) is 1. The van der Waals surface area contributed by atoms with E-state index in [9.17, 15) is 22.8 Å². The Labute approximate surface area is 125 Å². The van der Waals surface area contributed by atoms with Crippen LogP contribution < -0.4 is 10.1 Å². The van der Waals surface area contributed by atoms with E-state index in [1.165, 1.54) is 18.2 Å². The van der Waals surface area contributed by atoms with E-state index < -0.39 is 24.4 Å². The first-order valence-electron chi connectivity index (χ1n) is 6.51. The summed E-state index contributed by atoms with van der Waals surface area (Å²) in [6.45, 7) is 1.73. The first-order valence-corrected chi connectivity index (χ1v) is 6.51. The molecule has 0 saturated carbocycles. The molecule has 1 fully saturated rings. The summed E-state index contributed by atoms with van der Waals surface area (Å²) in [6, 6.07) is 5.33. The van der Waals surface area contributed by atoms with Crippen LogP contribution in [0.2, 0.25) is 0 Å². The van der Waals surface area contributed by atoms with E-state index in [2.05, 4.69) is 10.1 Å². The molecule has 1 aromatic rings. The van der Waals surface area contributed by atoms with Crippen molar-refractivity contribution in [1.82, 2.24) is 10.2 Å². The largest absolute Gasteiger partial charge is 0.484 e. The van der Waals surface area contributed by atoms with Gasteiger partial charge in [-0.2, -0.15) is 13.2 Å². The molecule has 3 amide bonds. The van der Waals surface area contributed by atoms with E-state index in [4.69, 9.17) is 0 Å². The van der Waals surface area contributed by atoms with Gasteiger partial charge in [0.2, 0.25) is 0 Å². The lowest BCUT2D eigenvalue weighted by molar-refractivity contribution is -0.153. The minimum atomic E-state index is -4.43. The summed E-state index contributed by atoms with van der Waals surface area (Å²) in [5, 5.41) is 2.53. The molecule has 0 atom stereocenters. The Kier molecular flexibility index (Phi) is 4.04. The van der Waals surface area contributed by atoms with Gasteiger partial charge in [-0.05, 0) is 31.5 Å². The van der Waals surface area contributed by atoms with Gasteiger partial charge < -0.3 is 10.1 Å². The Morgan fingerprint density at radius 3 is 2.50 bits per heavy atom. The van der Waals surface area contributed by atoms with Gasteiger partial charge in [0.25, 0.3) is 5.91 Å². The van der Waals surface area contributed by atoms with Crippen molar-refractivity contribution < 1.29 is 27.5 Å². The fourth-order valence-electron chi connectivity index (χ4n) is 2.04. The van der Waals surface area contributed by atoms with Gasteiger partial charge in [-0.15, -0.1) is 0 Å². The van der Waals surface area contributed by atoms with Crippen LogP contribution >= 0.6 is 0 Å². The fourth-order valence-corrected chi connectivity index (χ4v) is 2.04. The average Bonchev–Trinajstić information content (AvgIpc) is 2.58. The first-order chi connectivity index (χ1) is 10.1. The van der Waals surface area contributed by atoms with E-state index in [0.29, 0.717) is 5.56 Å². The summed E-state index contributed by atoms with van der Waals surface area (Å²) in [6.07, 6.45) is -4.43. The molecular formula is C14H15F3N2O3. The molecule has 0 aliphatic carbocycles. The van der Waals surface area contributed by atoms with Crippen molar-refractivity contribution in [3.05, 3.63) is 29.8 Å². The normalized spacial score (nSPS) is 17.6. The Balaban J connectivity index is 2.08. The Morgan fingerprint density at radius 1 is 1.27 bits per heavy atom. The zero-order valence-corrected chi connectivity index (χ0v) is 12.0. The number of urea groups is 1. The smallest absolute Gasteiger partial charge is 0.422 e. The Bertz CT molecular complexity index is 599. The van der Waals surface area contributed by atoms with Gasteiger partial charge in [0.1, 0.15) is 11.3 Å². The van der Waals surface area contributed by atoms with Crippen LogP contribution in [0.5, 0.6) is 5.75 Å². The molecule has 0 unspecified atom stereocenters. The number of halogens is 3. The molecule has 0 bridgehead atoms.